The van der Waals surface area contributed by atoms with Gasteiger partial charge in [0.2, 0.25) is 0 Å². The lowest BCUT2D eigenvalue weighted by Gasteiger charge is -2.23. The van der Waals surface area contributed by atoms with Crippen LogP contribution in [-0.4, -0.2) is 35.2 Å². The Labute approximate surface area is 248 Å². The number of amides is 1. The molecule has 0 aliphatic carbocycles. The molecule has 0 radical (unpaired) electrons. The highest BCUT2D eigenvalue weighted by Gasteiger charge is 2.31. The predicted octanol–water partition coefficient (Wildman–Crippen LogP) is 8.47. The summed E-state index contributed by atoms with van der Waals surface area (Å²) in [6, 6.07) is 16.1. The Hall–Kier alpha value is -3.98. The molecule has 1 heterocycles. The average Bonchev–Trinajstić information content (AvgIpc) is 3.32. The molecule has 42 heavy (non-hydrogen) atoms. The van der Waals surface area contributed by atoms with Gasteiger partial charge in [0.1, 0.15) is 5.75 Å². The van der Waals surface area contributed by atoms with E-state index in [1.54, 1.807) is 12.1 Å². The largest absolute Gasteiger partial charge is 0.496 e. The quantitative estimate of drug-likeness (QED) is 0.191. The van der Waals surface area contributed by atoms with Gasteiger partial charge >= 0.3 is 12.1 Å². The molecule has 1 unspecified atom stereocenters. The maximum Gasteiger partial charge on any atom is 0.416 e. The summed E-state index contributed by atoms with van der Waals surface area (Å²) in [4.78, 5) is 23.1. The molecule has 3 aromatic carbocycles. The summed E-state index contributed by atoms with van der Waals surface area (Å²) in [6.45, 7) is 4.28. The van der Waals surface area contributed by atoms with E-state index in [1.807, 2.05) is 36.5 Å². The van der Waals surface area contributed by atoms with Crippen molar-refractivity contribution in [3.63, 3.8) is 0 Å². The van der Waals surface area contributed by atoms with Crippen molar-refractivity contribution in [2.24, 2.45) is 5.92 Å². The molecule has 0 saturated carbocycles. The summed E-state index contributed by atoms with van der Waals surface area (Å²) in [5.74, 6) is -0.523. The van der Waals surface area contributed by atoms with Crippen LogP contribution in [0, 0.1) is 5.92 Å². The molecule has 1 aromatic heterocycles. The minimum Gasteiger partial charge on any atom is -0.496 e. The number of carbonyl (C=O) groups is 2. The average molecular weight is 603 g/mol. The van der Waals surface area contributed by atoms with Crippen molar-refractivity contribution in [3.8, 4) is 16.9 Å². The third kappa shape index (κ3) is 7.26. The Kier molecular flexibility index (Phi) is 10.3. The molecule has 0 aliphatic rings. The molecule has 10 heteroatoms. The van der Waals surface area contributed by atoms with Crippen molar-refractivity contribution in [3.05, 3.63) is 88.6 Å². The Morgan fingerprint density at radius 2 is 1.71 bits per heavy atom. The normalized spacial score (nSPS) is 12.2. The molecule has 1 amide bonds. The van der Waals surface area contributed by atoms with E-state index in [-0.39, 0.29) is 37.4 Å². The van der Waals surface area contributed by atoms with Crippen LogP contribution in [0.3, 0.4) is 0 Å². The van der Waals surface area contributed by atoms with Crippen LogP contribution in [0.2, 0.25) is 5.02 Å². The lowest BCUT2D eigenvalue weighted by atomic mass is 9.95. The second-order valence-electron chi connectivity index (χ2n) is 10.2. The van der Waals surface area contributed by atoms with E-state index < -0.39 is 17.7 Å². The Bertz CT molecular complexity index is 1560. The lowest BCUT2D eigenvalue weighted by Crippen LogP contribution is -2.26. The number of ether oxygens (including phenoxy) is 1. The smallest absolute Gasteiger partial charge is 0.416 e. The van der Waals surface area contributed by atoms with Gasteiger partial charge in [-0.1, -0.05) is 51.1 Å². The van der Waals surface area contributed by atoms with Crippen molar-refractivity contribution in [2.75, 3.05) is 13.7 Å². The summed E-state index contributed by atoms with van der Waals surface area (Å²) in [6.07, 6.45) is -1.90. The number of alkyl halides is 3. The van der Waals surface area contributed by atoms with E-state index in [1.165, 1.54) is 13.2 Å². The Balaban J connectivity index is 0.00000484. The van der Waals surface area contributed by atoms with Crippen LogP contribution >= 0.6 is 11.6 Å². The number of benzene rings is 3. The number of rotatable bonds is 10. The fourth-order valence-corrected chi connectivity index (χ4v) is 5.13. The second kappa shape index (κ2) is 13.3. The minimum absolute atomic E-state index is 0. The summed E-state index contributed by atoms with van der Waals surface area (Å²) >= 11 is 6.30. The highest BCUT2D eigenvalue weighted by molar-refractivity contribution is 6.33. The zero-order valence-electron chi connectivity index (χ0n) is 22.8. The van der Waals surface area contributed by atoms with Crippen molar-refractivity contribution >= 4 is 34.4 Å². The number of aromatic nitrogens is 1. The molecule has 4 rings (SSSR count). The molecule has 0 fully saturated rings. The van der Waals surface area contributed by atoms with Crippen LogP contribution in [0.15, 0.2) is 66.9 Å². The molecular weight excluding hydrogens is 569 g/mol. The van der Waals surface area contributed by atoms with E-state index in [0.29, 0.717) is 28.4 Å². The molecule has 0 spiro atoms. The molecule has 0 bridgehead atoms. The van der Waals surface area contributed by atoms with E-state index in [2.05, 4.69) is 23.7 Å². The van der Waals surface area contributed by atoms with Gasteiger partial charge in [0, 0.05) is 45.9 Å². The SMILES string of the molecule is C.COc1cc2c(ccn2C(CC(C)C)c2ccc(C(=O)NCCC(=O)O)cc2)cc1-c1ccc(C(F)(F)F)cc1Cl. The Morgan fingerprint density at radius 1 is 1.02 bits per heavy atom. The van der Waals surface area contributed by atoms with Gasteiger partial charge in [-0.2, -0.15) is 13.2 Å². The maximum atomic E-state index is 13.2. The molecule has 224 valence electrons. The Morgan fingerprint density at radius 3 is 2.29 bits per heavy atom. The summed E-state index contributed by atoms with van der Waals surface area (Å²) in [7, 11) is 1.50. The number of fused-ring (bicyclic) bond motifs is 1. The van der Waals surface area contributed by atoms with Crippen LogP contribution in [0.1, 0.15) is 61.6 Å². The van der Waals surface area contributed by atoms with E-state index in [9.17, 15) is 22.8 Å². The first-order valence-corrected chi connectivity index (χ1v) is 13.4. The number of carbonyl (C=O) groups excluding carboxylic acids is 1. The summed E-state index contributed by atoms with van der Waals surface area (Å²) in [5.41, 5.74) is 2.47. The first kappa shape index (κ1) is 32.5. The van der Waals surface area contributed by atoms with Crippen molar-refractivity contribution in [1.29, 1.82) is 0 Å². The highest BCUT2D eigenvalue weighted by atomic mass is 35.5. The molecular formula is C32H34ClF3N2O4. The van der Waals surface area contributed by atoms with Gasteiger partial charge in [-0.25, -0.2) is 0 Å². The molecule has 0 saturated heterocycles. The molecule has 0 aliphatic heterocycles. The van der Waals surface area contributed by atoms with E-state index in [4.69, 9.17) is 21.4 Å². The number of carboxylic acids is 1. The first-order chi connectivity index (χ1) is 19.4. The zero-order chi connectivity index (χ0) is 29.9. The van der Waals surface area contributed by atoms with Gasteiger partial charge in [0.15, 0.2) is 0 Å². The van der Waals surface area contributed by atoms with Crippen LogP contribution in [-0.2, 0) is 11.0 Å². The van der Waals surface area contributed by atoms with Gasteiger partial charge in [-0.15, -0.1) is 0 Å². The number of nitrogens with one attached hydrogen (secondary N) is 1. The van der Waals surface area contributed by atoms with Crippen molar-refractivity contribution < 1.29 is 32.6 Å². The number of hydrogen-bond acceptors (Lipinski definition) is 3. The summed E-state index contributed by atoms with van der Waals surface area (Å²) in [5, 5.41) is 12.2. The lowest BCUT2D eigenvalue weighted by molar-refractivity contribution is -0.138. The molecule has 1 atom stereocenters. The van der Waals surface area contributed by atoms with Gasteiger partial charge < -0.3 is 19.7 Å². The number of hydrogen-bond donors (Lipinski definition) is 2. The van der Waals surface area contributed by atoms with Crippen LogP contribution in [0.5, 0.6) is 5.75 Å². The van der Waals surface area contributed by atoms with Gasteiger partial charge in [0.25, 0.3) is 5.91 Å². The summed E-state index contributed by atoms with van der Waals surface area (Å²) < 4.78 is 47.3. The highest BCUT2D eigenvalue weighted by Crippen LogP contribution is 2.42. The van der Waals surface area contributed by atoms with Gasteiger partial charge in [0.05, 0.1) is 30.7 Å². The van der Waals surface area contributed by atoms with E-state index in [0.717, 1.165) is 35.0 Å². The number of nitrogens with zero attached hydrogens (tertiary/aromatic N) is 1. The van der Waals surface area contributed by atoms with Gasteiger partial charge in [-0.05, 0) is 54.3 Å². The number of methoxy groups -OCH3 is 1. The van der Waals surface area contributed by atoms with Crippen LogP contribution < -0.4 is 10.1 Å². The third-order valence-electron chi connectivity index (χ3n) is 6.84. The first-order valence-electron chi connectivity index (χ1n) is 13.0. The molecule has 2 N–H and O–H groups in total. The third-order valence-corrected chi connectivity index (χ3v) is 7.15. The second-order valence-corrected chi connectivity index (χ2v) is 10.6. The predicted molar refractivity (Wildman–Crippen MR) is 159 cm³/mol. The molecule has 4 aromatic rings. The van der Waals surface area contributed by atoms with Crippen LogP contribution in [0.4, 0.5) is 13.2 Å². The monoisotopic (exact) mass is 602 g/mol. The van der Waals surface area contributed by atoms with E-state index >= 15 is 0 Å². The fourth-order valence-electron chi connectivity index (χ4n) is 4.84. The number of aliphatic carboxylic acids is 1. The maximum absolute atomic E-state index is 13.2. The fraction of sp³-hybridized carbons (Fsp3) is 0.312. The minimum atomic E-state index is -4.50. The topological polar surface area (TPSA) is 80.6 Å². The van der Waals surface area contributed by atoms with Crippen LogP contribution in [0.25, 0.3) is 22.0 Å². The van der Waals surface area contributed by atoms with Crippen molar-refractivity contribution in [2.45, 2.75) is 46.3 Å². The van der Waals surface area contributed by atoms with Crippen molar-refractivity contribution in [1.82, 2.24) is 9.88 Å². The zero-order valence-corrected chi connectivity index (χ0v) is 23.5. The van der Waals surface area contributed by atoms with Gasteiger partial charge in [-0.3, -0.25) is 9.59 Å². The standard InChI is InChI=1S/C31H30ClF3N2O4.CH4/c1-18(2)14-26(19-4-6-20(7-5-19)30(40)36-12-10-29(38)39)37-13-11-21-15-24(28(41-3)17-27(21)37)23-9-8-22(16-25(23)32)31(33,34)35;/h4-9,11,13,15-18,26H,10,12,14H2,1-3H3,(H,36,40)(H,38,39);1H4. The molecule has 6 nitrogen and oxygen atoms in total. The number of halogens is 4. The number of carboxylic acid groups (broad SMARTS) is 1.